The van der Waals surface area contributed by atoms with Crippen molar-refractivity contribution in [1.29, 1.82) is 0 Å². The first-order chi connectivity index (χ1) is 12.2. The second-order valence-electron chi connectivity index (χ2n) is 5.47. The van der Waals surface area contributed by atoms with Crippen LogP contribution in [0.4, 0.5) is 5.13 Å². The largest absolute Gasteiger partial charge is 0.301 e. The van der Waals surface area contributed by atoms with Crippen molar-refractivity contribution < 1.29 is 4.79 Å². The summed E-state index contributed by atoms with van der Waals surface area (Å²) in [5, 5.41) is 14.6. The third-order valence-corrected chi connectivity index (χ3v) is 5.37. The number of anilines is 1. The highest BCUT2D eigenvalue weighted by atomic mass is 32.2. The van der Waals surface area contributed by atoms with Crippen LogP contribution in [0.15, 0.2) is 47.1 Å². The Morgan fingerprint density at radius 1 is 1.32 bits per heavy atom. The van der Waals surface area contributed by atoms with Gasteiger partial charge in [-0.1, -0.05) is 49.0 Å². The molecule has 1 N–H and O–H groups in total. The molecule has 0 saturated carbocycles. The first-order valence-electron chi connectivity index (χ1n) is 8.01. The minimum absolute atomic E-state index is 0.0973. The lowest BCUT2D eigenvalue weighted by Crippen LogP contribution is -2.15. The summed E-state index contributed by atoms with van der Waals surface area (Å²) < 4.78 is 2.11. The molecule has 0 spiro atoms. The molecule has 1 amide bonds. The van der Waals surface area contributed by atoms with Gasteiger partial charge in [0, 0.05) is 23.2 Å². The smallest absolute Gasteiger partial charge is 0.236 e. The maximum atomic E-state index is 12.1. The summed E-state index contributed by atoms with van der Waals surface area (Å²) in [6.45, 7) is 4.26. The minimum atomic E-state index is -0.0973. The molecule has 8 heteroatoms. The van der Waals surface area contributed by atoms with Gasteiger partial charge < -0.3 is 5.32 Å². The number of nitrogens with zero attached hydrogens (tertiary/aromatic N) is 4. The van der Waals surface area contributed by atoms with Gasteiger partial charge in [-0.2, -0.15) is 0 Å². The quantitative estimate of drug-likeness (QED) is 0.631. The molecule has 0 saturated heterocycles. The maximum absolute atomic E-state index is 12.1. The molecule has 0 aliphatic carbocycles. The van der Waals surface area contributed by atoms with Crippen molar-refractivity contribution in [2.24, 2.45) is 0 Å². The fraction of sp³-hybridized carbons (Fsp3) is 0.294. The minimum Gasteiger partial charge on any atom is -0.301 e. The van der Waals surface area contributed by atoms with E-state index in [4.69, 9.17) is 0 Å². The van der Waals surface area contributed by atoms with Crippen LogP contribution in [-0.2, 0) is 4.79 Å². The molecule has 0 radical (unpaired) electrons. The zero-order valence-electron chi connectivity index (χ0n) is 14.0. The van der Waals surface area contributed by atoms with E-state index in [0.29, 0.717) is 5.13 Å². The van der Waals surface area contributed by atoms with Crippen LogP contribution >= 0.6 is 23.1 Å². The van der Waals surface area contributed by atoms with Crippen LogP contribution in [0, 0.1) is 0 Å². The number of hydrogen-bond acceptors (Lipinski definition) is 6. The van der Waals surface area contributed by atoms with E-state index in [0.717, 1.165) is 23.0 Å². The fourth-order valence-electron chi connectivity index (χ4n) is 2.31. The van der Waals surface area contributed by atoms with E-state index in [1.807, 2.05) is 35.7 Å². The number of amides is 1. The number of aromatic nitrogens is 4. The lowest BCUT2D eigenvalue weighted by molar-refractivity contribution is -0.113. The molecule has 2 aromatic heterocycles. The van der Waals surface area contributed by atoms with Crippen LogP contribution in [-0.4, -0.2) is 31.4 Å². The Morgan fingerprint density at radius 3 is 2.80 bits per heavy atom. The normalized spacial score (nSPS) is 12.1. The summed E-state index contributed by atoms with van der Waals surface area (Å²) in [6, 6.07) is 10.2. The first kappa shape index (κ1) is 17.6. The van der Waals surface area contributed by atoms with Gasteiger partial charge in [0.05, 0.1) is 5.75 Å². The third-order valence-electron chi connectivity index (χ3n) is 3.74. The monoisotopic (exact) mass is 373 g/mol. The molecule has 0 aliphatic heterocycles. The number of benzene rings is 1. The summed E-state index contributed by atoms with van der Waals surface area (Å²) >= 11 is 2.79. The van der Waals surface area contributed by atoms with Gasteiger partial charge in [0.1, 0.15) is 0 Å². The molecule has 6 nitrogen and oxygen atoms in total. The Kier molecular flexibility index (Phi) is 5.83. The second kappa shape index (κ2) is 8.26. The highest BCUT2D eigenvalue weighted by Gasteiger charge is 2.19. The lowest BCUT2D eigenvalue weighted by Gasteiger charge is -2.16. The van der Waals surface area contributed by atoms with E-state index in [2.05, 4.69) is 38.9 Å². The van der Waals surface area contributed by atoms with E-state index in [-0.39, 0.29) is 17.7 Å². The first-order valence-corrected chi connectivity index (χ1v) is 9.88. The summed E-state index contributed by atoms with van der Waals surface area (Å²) in [7, 11) is 0. The van der Waals surface area contributed by atoms with E-state index in [1.165, 1.54) is 23.1 Å². The number of rotatable bonds is 7. The second-order valence-corrected chi connectivity index (χ2v) is 7.31. The number of carbonyl (C=O) groups excluding carboxylic acids is 1. The lowest BCUT2D eigenvalue weighted by atomic mass is 10.2. The molecule has 0 aliphatic rings. The Bertz CT molecular complexity index is 817. The molecule has 25 heavy (non-hydrogen) atoms. The van der Waals surface area contributed by atoms with Gasteiger partial charge in [0.25, 0.3) is 0 Å². The van der Waals surface area contributed by atoms with Crippen LogP contribution in [0.3, 0.4) is 0 Å². The van der Waals surface area contributed by atoms with E-state index in [1.54, 1.807) is 6.20 Å². The van der Waals surface area contributed by atoms with Crippen molar-refractivity contribution in [1.82, 2.24) is 19.7 Å². The zero-order chi connectivity index (χ0) is 17.6. The maximum Gasteiger partial charge on any atom is 0.236 e. The number of nitrogens with one attached hydrogen (secondary N) is 1. The molecule has 3 rings (SSSR count). The molecular formula is C17H19N5OS2. The van der Waals surface area contributed by atoms with Crippen molar-refractivity contribution in [2.45, 2.75) is 31.5 Å². The van der Waals surface area contributed by atoms with E-state index < -0.39 is 0 Å². The van der Waals surface area contributed by atoms with Crippen LogP contribution in [0.1, 0.15) is 26.3 Å². The zero-order valence-corrected chi connectivity index (χ0v) is 15.7. The van der Waals surface area contributed by atoms with Crippen LogP contribution < -0.4 is 5.32 Å². The molecule has 0 bridgehead atoms. The summed E-state index contributed by atoms with van der Waals surface area (Å²) in [5.74, 6) is 1.00. The predicted octanol–water partition coefficient (Wildman–Crippen LogP) is 4.10. The van der Waals surface area contributed by atoms with Crippen molar-refractivity contribution in [2.75, 3.05) is 11.1 Å². The molecular weight excluding hydrogens is 354 g/mol. The van der Waals surface area contributed by atoms with Gasteiger partial charge in [-0.3, -0.25) is 9.36 Å². The van der Waals surface area contributed by atoms with Gasteiger partial charge in [0.15, 0.2) is 16.1 Å². The van der Waals surface area contributed by atoms with Crippen molar-refractivity contribution in [3.05, 3.63) is 41.9 Å². The van der Waals surface area contributed by atoms with Crippen molar-refractivity contribution >= 4 is 34.1 Å². The van der Waals surface area contributed by atoms with Gasteiger partial charge >= 0.3 is 0 Å². The molecule has 130 valence electrons. The van der Waals surface area contributed by atoms with Gasteiger partial charge in [-0.25, -0.2) is 4.98 Å². The summed E-state index contributed by atoms with van der Waals surface area (Å²) in [5.41, 5.74) is 1.02. The number of hydrogen-bond donors (Lipinski definition) is 1. The standard InChI is InChI=1S/C17H19N5OS2/c1-3-12(2)22-15(13-7-5-4-6-8-13)20-21-17(22)25-11-14(23)19-16-18-9-10-24-16/h4-10,12H,3,11H2,1-2H3,(H,18,19,23). The van der Waals surface area contributed by atoms with Crippen molar-refractivity contribution in [3.63, 3.8) is 0 Å². The highest BCUT2D eigenvalue weighted by molar-refractivity contribution is 7.99. The van der Waals surface area contributed by atoms with Crippen LogP contribution in [0.25, 0.3) is 11.4 Å². The predicted molar refractivity (Wildman–Crippen MR) is 102 cm³/mol. The van der Waals surface area contributed by atoms with Crippen LogP contribution in [0.5, 0.6) is 0 Å². The Morgan fingerprint density at radius 2 is 2.12 bits per heavy atom. The average Bonchev–Trinajstić information content (AvgIpc) is 3.29. The molecule has 1 unspecified atom stereocenters. The topological polar surface area (TPSA) is 72.7 Å². The Hall–Kier alpha value is -2.19. The van der Waals surface area contributed by atoms with Crippen molar-refractivity contribution in [3.8, 4) is 11.4 Å². The summed E-state index contributed by atoms with van der Waals surface area (Å²) in [6.07, 6.45) is 2.62. The molecule has 2 heterocycles. The number of thiazole rings is 1. The fourth-order valence-corrected chi connectivity index (χ4v) is 3.69. The number of carbonyl (C=O) groups is 1. The van der Waals surface area contributed by atoms with Gasteiger partial charge in [-0.05, 0) is 13.3 Å². The highest BCUT2D eigenvalue weighted by Crippen LogP contribution is 2.29. The van der Waals surface area contributed by atoms with E-state index in [9.17, 15) is 4.79 Å². The third kappa shape index (κ3) is 4.26. The summed E-state index contributed by atoms with van der Waals surface area (Å²) in [4.78, 5) is 16.1. The van der Waals surface area contributed by atoms with Gasteiger partial charge in [-0.15, -0.1) is 21.5 Å². The van der Waals surface area contributed by atoms with E-state index >= 15 is 0 Å². The van der Waals surface area contributed by atoms with Crippen LogP contribution in [0.2, 0.25) is 0 Å². The molecule has 1 atom stereocenters. The Balaban J connectivity index is 1.77. The van der Waals surface area contributed by atoms with Gasteiger partial charge in [0.2, 0.25) is 5.91 Å². The molecule has 3 aromatic rings. The SMILES string of the molecule is CCC(C)n1c(SCC(=O)Nc2nccs2)nnc1-c1ccccc1. The molecule has 1 aromatic carbocycles. The number of thioether (sulfide) groups is 1. The average molecular weight is 374 g/mol. The molecule has 0 fully saturated rings. The Labute approximate surface area is 154 Å².